The van der Waals surface area contributed by atoms with Crippen LogP contribution in [0, 0.1) is 6.92 Å². The maximum absolute atomic E-state index is 12.1. The van der Waals surface area contributed by atoms with Crippen LogP contribution in [-0.2, 0) is 11.8 Å². The average Bonchev–Trinajstić information content (AvgIpc) is 3.03. The Morgan fingerprint density at radius 1 is 1.38 bits per heavy atom. The molecule has 0 saturated carbocycles. The van der Waals surface area contributed by atoms with E-state index in [1.807, 2.05) is 42.8 Å². The van der Waals surface area contributed by atoms with Crippen LogP contribution < -0.4 is 0 Å². The fourth-order valence-corrected chi connectivity index (χ4v) is 2.98. The van der Waals surface area contributed by atoms with Gasteiger partial charge in [0.15, 0.2) is 11.9 Å². The molecular weight excluding hydrogens is 286 g/mol. The fraction of sp³-hybridized carbons (Fsp3) is 0.267. The van der Waals surface area contributed by atoms with E-state index in [4.69, 9.17) is 4.74 Å². The van der Waals surface area contributed by atoms with E-state index in [1.165, 1.54) is 11.3 Å². The van der Waals surface area contributed by atoms with E-state index in [0.717, 1.165) is 16.9 Å². The average molecular weight is 301 g/mol. The lowest BCUT2D eigenvalue weighted by Gasteiger charge is -2.12. The number of para-hydroxylation sites is 2. The number of ether oxygens (including phenoxy) is 1. The highest BCUT2D eigenvalue weighted by atomic mass is 32.1. The van der Waals surface area contributed by atoms with Crippen LogP contribution in [0.15, 0.2) is 29.8 Å². The van der Waals surface area contributed by atoms with E-state index in [0.29, 0.717) is 10.6 Å². The van der Waals surface area contributed by atoms with Crippen LogP contribution in [0.1, 0.15) is 34.2 Å². The third-order valence-corrected chi connectivity index (χ3v) is 4.31. The van der Waals surface area contributed by atoms with Gasteiger partial charge in [-0.25, -0.2) is 14.8 Å². The number of aromatic nitrogens is 3. The maximum atomic E-state index is 12.1. The predicted octanol–water partition coefficient (Wildman–Crippen LogP) is 3.26. The van der Waals surface area contributed by atoms with Gasteiger partial charge < -0.3 is 9.30 Å². The first-order valence-electron chi connectivity index (χ1n) is 6.60. The number of rotatable bonds is 3. The molecule has 6 heteroatoms. The number of nitrogens with zero attached hydrogens (tertiary/aromatic N) is 3. The second-order valence-electron chi connectivity index (χ2n) is 4.83. The molecule has 0 aliphatic heterocycles. The molecule has 0 spiro atoms. The number of esters is 1. The van der Waals surface area contributed by atoms with Crippen molar-refractivity contribution in [3.05, 3.63) is 46.2 Å². The van der Waals surface area contributed by atoms with Crippen LogP contribution >= 0.6 is 11.3 Å². The van der Waals surface area contributed by atoms with Gasteiger partial charge in [0.2, 0.25) is 0 Å². The third kappa shape index (κ3) is 2.42. The number of imidazole rings is 1. The molecule has 0 bridgehead atoms. The standard InChI is InChI=1S/C15H15N3O2S/c1-9-13(21-8-16-9)15(19)20-10(2)14-17-11-6-4-5-7-12(11)18(14)3/h4-8,10H,1-3H3. The number of benzene rings is 1. The zero-order valence-electron chi connectivity index (χ0n) is 12.0. The minimum Gasteiger partial charge on any atom is -0.450 e. The van der Waals surface area contributed by atoms with Crippen LogP contribution in [0.5, 0.6) is 0 Å². The second-order valence-corrected chi connectivity index (χ2v) is 5.69. The van der Waals surface area contributed by atoms with Crippen molar-refractivity contribution in [3.8, 4) is 0 Å². The van der Waals surface area contributed by atoms with E-state index in [9.17, 15) is 4.79 Å². The fourth-order valence-electron chi connectivity index (χ4n) is 2.29. The minimum absolute atomic E-state index is 0.352. The van der Waals surface area contributed by atoms with Crippen LogP contribution in [-0.4, -0.2) is 20.5 Å². The number of hydrogen-bond acceptors (Lipinski definition) is 5. The smallest absolute Gasteiger partial charge is 0.350 e. The lowest BCUT2D eigenvalue weighted by Crippen LogP contribution is -2.12. The molecule has 108 valence electrons. The Balaban J connectivity index is 1.87. The molecule has 1 atom stereocenters. The molecule has 2 heterocycles. The number of hydrogen-bond donors (Lipinski definition) is 0. The zero-order valence-corrected chi connectivity index (χ0v) is 12.8. The molecule has 3 rings (SSSR count). The SMILES string of the molecule is Cc1ncsc1C(=O)OC(C)c1nc2ccccc2n1C. The first kappa shape index (κ1) is 13.8. The lowest BCUT2D eigenvalue weighted by molar-refractivity contribution is 0.0320. The third-order valence-electron chi connectivity index (χ3n) is 3.40. The van der Waals surface area contributed by atoms with Crippen molar-refractivity contribution in [1.29, 1.82) is 0 Å². The molecule has 0 N–H and O–H groups in total. The lowest BCUT2D eigenvalue weighted by atomic mass is 10.3. The molecule has 0 radical (unpaired) electrons. The first-order chi connectivity index (χ1) is 10.1. The molecular formula is C15H15N3O2S. The van der Waals surface area contributed by atoms with Gasteiger partial charge in [-0.05, 0) is 26.0 Å². The summed E-state index contributed by atoms with van der Waals surface area (Å²) >= 11 is 1.29. The van der Waals surface area contributed by atoms with Crippen LogP contribution in [0.2, 0.25) is 0 Å². The summed E-state index contributed by atoms with van der Waals surface area (Å²) in [5.74, 6) is 0.376. The number of fused-ring (bicyclic) bond motifs is 1. The molecule has 0 amide bonds. The Bertz CT molecular complexity index is 806. The van der Waals surface area contributed by atoms with Gasteiger partial charge in [0.1, 0.15) is 4.88 Å². The van der Waals surface area contributed by atoms with E-state index in [-0.39, 0.29) is 5.97 Å². The van der Waals surface area contributed by atoms with Crippen molar-refractivity contribution in [1.82, 2.24) is 14.5 Å². The molecule has 5 nitrogen and oxygen atoms in total. The predicted molar refractivity (Wildman–Crippen MR) is 81.4 cm³/mol. The van der Waals surface area contributed by atoms with Crippen molar-refractivity contribution in [2.45, 2.75) is 20.0 Å². The van der Waals surface area contributed by atoms with Gasteiger partial charge in [0.05, 0.1) is 22.2 Å². The molecule has 21 heavy (non-hydrogen) atoms. The van der Waals surface area contributed by atoms with Gasteiger partial charge in [-0.2, -0.15) is 0 Å². The summed E-state index contributed by atoms with van der Waals surface area (Å²) in [5, 5.41) is 0. The normalized spacial score (nSPS) is 12.5. The summed E-state index contributed by atoms with van der Waals surface area (Å²) in [4.78, 5) is 21.3. The van der Waals surface area contributed by atoms with Crippen molar-refractivity contribution in [2.75, 3.05) is 0 Å². The molecule has 0 fully saturated rings. The zero-order chi connectivity index (χ0) is 15.0. The quantitative estimate of drug-likeness (QED) is 0.697. The summed E-state index contributed by atoms with van der Waals surface area (Å²) in [6.07, 6.45) is -0.420. The van der Waals surface area contributed by atoms with Gasteiger partial charge in [-0.15, -0.1) is 11.3 Å². The second kappa shape index (κ2) is 5.29. The van der Waals surface area contributed by atoms with E-state index < -0.39 is 6.10 Å². The Morgan fingerprint density at radius 2 is 2.14 bits per heavy atom. The minimum atomic E-state index is -0.420. The van der Waals surface area contributed by atoms with Crippen molar-refractivity contribution in [2.24, 2.45) is 7.05 Å². The Kier molecular flexibility index (Phi) is 3.47. The molecule has 1 unspecified atom stereocenters. The number of carbonyl (C=O) groups is 1. The molecule has 1 aromatic carbocycles. The largest absolute Gasteiger partial charge is 0.450 e. The van der Waals surface area contributed by atoms with Crippen LogP contribution in [0.3, 0.4) is 0 Å². The van der Waals surface area contributed by atoms with E-state index >= 15 is 0 Å². The highest BCUT2D eigenvalue weighted by Crippen LogP contribution is 2.24. The van der Waals surface area contributed by atoms with E-state index in [2.05, 4.69) is 9.97 Å². The molecule has 0 aliphatic rings. The maximum Gasteiger partial charge on any atom is 0.350 e. The van der Waals surface area contributed by atoms with Crippen molar-refractivity contribution < 1.29 is 9.53 Å². The molecule has 0 aliphatic carbocycles. The Hall–Kier alpha value is -2.21. The molecule has 2 aromatic heterocycles. The summed E-state index contributed by atoms with van der Waals surface area (Å²) in [7, 11) is 1.92. The monoisotopic (exact) mass is 301 g/mol. The number of thiazole rings is 1. The van der Waals surface area contributed by atoms with Crippen LogP contribution in [0.25, 0.3) is 11.0 Å². The highest BCUT2D eigenvalue weighted by molar-refractivity contribution is 7.11. The van der Waals surface area contributed by atoms with Crippen LogP contribution in [0.4, 0.5) is 0 Å². The van der Waals surface area contributed by atoms with Gasteiger partial charge in [0, 0.05) is 7.05 Å². The molecule has 0 saturated heterocycles. The summed E-state index contributed by atoms with van der Waals surface area (Å²) in [6.45, 7) is 3.63. The number of aryl methyl sites for hydroxylation is 2. The Labute approximate surface area is 126 Å². The molecule has 3 aromatic rings. The highest BCUT2D eigenvalue weighted by Gasteiger charge is 2.21. The number of carbonyl (C=O) groups excluding carboxylic acids is 1. The van der Waals surface area contributed by atoms with Gasteiger partial charge >= 0.3 is 5.97 Å². The Morgan fingerprint density at radius 3 is 2.81 bits per heavy atom. The topological polar surface area (TPSA) is 57.0 Å². The van der Waals surface area contributed by atoms with Gasteiger partial charge in [-0.1, -0.05) is 12.1 Å². The summed E-state index contributed by atoms with van der Waals surface area (Å²) < 4.78 is 7.47. The van der Waals surface area contributed by atoms with Gasteiger partial charge in [0.25, 0.3) is 0 Å². The summed E-state index contributed by atoms with van der Waals surface area (Å²) in [6, 6.07) is 7.84. The van der Waals surface area contributed by atoms with E-state index in [1.54, 1.807) is 12.4 Å². The van der Waals surface area contributed by atoms with Crippen molar-refractivity contribution in [3.63, 3.8) is 0 Å². The van der Waals surface area contributed by atoms with Crippen molar-refractivity contribution >= 4 is 28.3 Å². The first-order valence-corrected chi connectivity index (χ1v) is 7.48. The van der Waals surface area contributed by atoms with Gasteiger partial charge in [-0.3, -0.25) is 0 Å². The summed E-state index contributed by atoms with van der Waals surface area (Å²) in [5.41, 5.74) is 4.25.